The molecule has 0 aliphatic carbocycles. The van der Waals surface area contributed by atoms with E-state index in [0.29, 0.717) is 36.0 Å². The van der Waals surface area contributed by atoms with E-state index in [2.05, 4.69) is 20.6 Å². The Bertz CT molecular complexity index is 784. The Morgan fingerprint density at radius 3 is 2.38 bits per heavy atom. The first-order valence-electron chi connectivity index (χ1n) is 8.97. The number of carbonyl (C=O) groups excluding carboxylic acids is 1. The number of benzene rings is 1. The van der Waals surface area contributed by atoms with E-state index in [1.807, 2.05) is 0 Å². The summed E-state index contributed by atoms with van der Waals surface area (Å²) in [5.74, 6) is 0.345. The number of nitrogens with zero attached hydrogens (tertiary/aromatic N) is 1. The maximum Gasteiger partial charge on any atom is 0.326 e. The zero-order chi connectivity index (χ0) is 21.2. The number of aliphatic carboxylic acids is 1. The Morgan fingerprint density at radius 2 is 1.86 bits per heavy atom. The molecule has 0 spiro atoms. The lowest BCUT2D eigenvalue weighted by molar-refractivity contribution is -0.141. The number of hydrogen-bond donors (Lipinski definition) is 4. The smallest absolute Gasteiger partial charge is 0.326 e. The third-order valence-corrected chi connectivity index (χ3v) is 4.26. The van der Waals surface area contributed by atoms with Gasteiger partial charge >= 0.3 is 5.97 Å². The van der Waals surface area contributed by atoms with Crippen LogP contribution in [0.15, 0.2) is 24.7 Å². The van der Waals surface area contributed by atoms with Crippen molar-refractivity contribution >= 4 is 11.9 Å². The van der Waals surface area contributed by atoms with Crippen molar-refractivity contribution < 1.29 is 28.9 Å². The van der Waals surface area contributed by atoms with E-state index >= 15 is 0 Å². The maximum atomic E-state index is 12.1. The van der Waals surface area contributed by atoms with Gasteiger partial charge in [0.1, 0.15) is 23.3 Å². The van der Waals surface area contributed by atoms with E-state index < -0.39 is 12.0 Å². The van der Waals surface area contributed by atoms with Gasteiger partial charge in [0.05, 0.1) is 33.2 Å². The number of H-pyrrole nitrogens is 1. The van der Waals surface area contributed by atoms with Gasteiger partial charge in [0.25, 0.3) is 0 Å². The molecule has 0 aliphatic rings. The minimum Gasteiger partial charge on any atom is -0.496 e. The van der Waals surface area contributed by atoms with Gasteiger partial charge in [-0.2, -0.15) is 0 Å². The van der Waals surface area contributed by atoms with E-state index in [0.717, 1.165) is 5.56 Å². The fraction of sp³-hybridized carbons (Fsp3) is 0.421. The topological polar surface area (TPSA) is 135 Å². The molecule has 1 amide bonds. The van der Waals surface area contributed by atoms with Gasteiger partial charge in [0, 0.05) is 50.0 Å². The van der Waals surface area contributed by atoms with Crippen molar-refractivity contribution in [3.05, 3.63) is 35.9 Å². The molecule has 1 aromatic carbocycles. The highest BCUT2D eigenvalue weighted by Crippen LogP contribution is 2.33. The Balaban J connectivity index is 1.86. The van der Waals surface area contributed by atoms with E-state index in [-0.39, 0.29) is 18.7 Å². The van der Waals surface area contributed by atoms with Crippen LogP contribution < -0.4 is 24.8 Å². The first-order chi connectivity index (χ1) is 14.0. The van der Waals surface area contributed by atoms with Gasteiger partial charge in [-0.25, -0.2) is 9.78 Å². The average molecular weight is 406 g/mol. The molecule has 0 radical (unpaired) electrons. The zero-order valence-corrected chi connectivity index (χ0v) is 16.7. The minimum atomic E-state index is -1.10. The molecule has 1 unspecified atom stereocenters. The van der Waals surface area contributed by atoms with Crippen molar-refractivity contribution in [2.45, 2.75) is 25.4 Å². The van der Waals surface area contributed by atoms with Gasteiger partial charge in [-0.15, -0.1) is 0 Å². The van der Waals surface area contributed by atoms with Crippen molar-refractivity contribution in [2.75, 3.05) is 27.9 Å². The molecule has 0 aliphatic heterocycles. The third kappa shape index (κ3) is 6.39. The summed E-state index contributed by atoms with van der Waals surface area (Å²) in [5.41, 5.74) is 1.42. The number of aromatic amines is 1. The summed E-state index contributed by atoms with van der Waals surface area (Å²) in [6.45, 7) is 0.751. The standard InChI is InChI=1S/C19H26N4O6/c1-27-13-7-16(28-2)14(17(8-13)29-3)10-20-5-4-18(24)23-15(19(25)26)6-12-9-21-11-22-12/h7-9,11,15,20H,4-6,10H2,1-3H3,(H,21,22)(H,23,24)(H,25,26). The van der Waals surface area contributed by atoms with Crippen LogP contribution in [0, 0.1) is 0 Å². The van der Waals surface area contributed by atoms with Crippen molar-refractivity contribution in [2.24, 2.45) is 0 Å². The van der Waals surface area contributed by atoms with Crippen LogP contribution in [0.5, 0.6) is 17.2 Å². The first-order valence-corrected chi connectivity index (χ1v) is 8.97. The largest absolute Gasteiger partial charge is 0.496 e. The minimum absolute atomic E-state index is 0.119. The van der Waals surface area contributed by atoms with Crippen molar-refractivity contribution in [3.8, 4) is 17.2 Å². The third-order valence-electron chi connectivity index (χ3n) is 4.26. The van der Waals surface area contributed by atoms with E-state index in [9.17, 15) is 14.7 Å². The highest BCUT2D eigenvalue weighted by Gasteiger charge is 2.21. The number of aromatic nitrogens is 2. The summed E-state index contributed by atoms with van der Waals surface area (Å²) in [6, 6.07) is 2.47. The molecule has 1 heterocycles. The number of nitrogens with one attached hydrogen (secondary N) is 3. The van der Waals surface area contributed by atoms with Crippen LogP contribution in [-0.2, 0) is 22.6 Å². The normalized spacial score (nSPS) is 11.6. The predicted octanol–water partition coefficient (Wildman–Crippen LogP) is 0.727. The molecule has 2 rings (SSSR count). The lowest BCUT2D eigenvalue weighted by Crippen LogP contribution is -2.43. The molecule has 0 bridgehead atoms. The van der Waals surface area contributed by atoms with E-state index in [1.165, 1.54) is 12.5 Å². The number of carboxylic acid groups (broad SMARTS) is 1. The average Bonchev–Trinajstić information content (AvgIpc) is 3.23. The fourth-order valence-corrected chi connectivity index (χ4v) is 2.75. The molecular weight excluding hydrogens is 380 g/mol. The van der Waals surface area contributed by atoms with Gasteiger partial charge in [-0.3, -0.25) is 4.79 Å². The first kappa shape index (κ1) is 22.0. The lowest BCUT2D eigenvalue weighted by Gasteiger charge is -2.16. The second-order valence-corrected chi connectivity index (χ2v) is 6.18. The number of carboxylic acids is 1. The molecule has 1 aromatic heterocycles. The SMILES string of the molecule is COc1cc(OC)c(CNCCC(=O)NC(Cc2cnc[nH]2)C(=O)O)c(OC)c1. The van der Waals surface area contributed by atoms with Gasteiger partial charge < -0.3 is 34.9 Å². The van der Waals surface area contributed by atoms with Gasteiger partial charge in [-0.05, 0) is 0 Å². The summed E-state index contributed by atoms with van der Waals surface area (Å²) in [4.78, 5) is 30.2. The summed E-state index contributed by atoms with van der Waals surface area (Å²) in [7, 11) is 4.66. The number of ether oxygens (including phenoxy) is 3. The van der Waals surface area contributed by atoms with Crippen molar-refractivity contribution in [1.82, 2.24) is 20.6 Å². The van der Waals surface area contributed by atoms with Crippen LogP contribution in [0.1, 0.15) is 17.7 Å². The van der Waals surface area contributed by atoms with Gasteiger partial charge in [0.2, 0.25) is 5.91 Å². The number of methoxy groups -OCH3 is 3. The highest BCUT2D eigenvalue weighted by atomic mass is 16.5. The van der Waals surface area contributed by atoms with Crippen LogP contribution in [0.25, 0.3) is 0 Å². The lowest BCUT2D eigenvalue weighted by atomic mass is 10.1. The molecule has 1 atom stereocenters. The Kier molecular flexibility index (Phi) is 8.28. The molecule has 2 aromatic rings. The molecular formula is C19H26N4O6. The monoisotopic (exact) mass is 406 g/mol. The Hall–Kier alpha value is -3.27. The van der Waals surface area contributed by atoms with Gasteiger partial charge in [0.15, 0.2) is 0 Å². The molecule has 10 nitrogen and oxygen atoms in total. The van der Waals surface area contributed by atoms with E-state index in [4.69, 9.17) is 14.2 Å². The fourth-order valence-electron chi connectivity index (χ4n) is 2.75. The number of amides is 1. The van der Waals surface area contributed by atoms with Crippen LogP contribution in [0.4, 0.5) is 0 Å². The van der Waals surface area contributed by atoms with Crippen molar-refractivity contribution in [1.29, 1.82) is 0 Å². The van der Waals surface area contributed by atoms with E-state index in [1.54, 1.807) is 33.5 Å². The molecule has 10 heteroatoms. The summed E-state index contributed by atoms with van der Waals surface area (Å²) in [6.07, 6.45) is 3.24. The number of imidazole rings is 1. The maximum absolute atomic E-state index is 12.1. The van der Waals surface area contributed by atoms with Crippen LogP contribution in [-0.4, -0.2) is 60.9 Å². The van der Waals surface area contributed by atoms with Crippen LogP contribution in [0.2, 0.25) is 0 Å². The molecule has 0 saturated carbocycles. The number of rotatable bonds is 12. The Morgan fingerprint density at radius 1 is 1.17 bits per heavy atom. The van der Waals surface area contributed by atoms with Crippen LogP contribution >= 0.6 is 0 Å². The predicted molar refractivity (Wildman–Crippen MR) is 104 cm³/mol. The summed E-state index contributed by atoms with van der Waals surface area (Å²) in [5, 5.41) is 15.0. The van der Waals surface area contributed by atoms with Crippen molar-refractivity contribution in [3.63, 3.8) is 0 Å². The summed E-state index contributed by atoms with van der Waals surface area (Å²) < 4.78 is 16.0. The second kappa shape index (κ2) is 10.9. The van der Waals surface area contributed by atoms with Crippen LogP contribution in [0.3, 0.4) is 0 Å². The molecule has 0 saturated heterocycles. The molecule has 29 heavy (non-hydrogen) atoms. The molecule has 0 fully saturated rings. The molecule has 158 valence electrons. The number of carbonyl (C=O) groups is 2. The molecule has 4 N–H and O–H groups in total. The second-order valence-electron chi connectivity index (χ2n) is 6.18. The number of hydrogen-bond acceptors (Lipinski definition) is 7. The summed E-state index contributed by atoms with van der Waals surface area (Å²) >= 11 is 0. The highest BCUT2D eigenvalue weighted by molar-refractivity contribution is 5.83. The Labute approximate surface area is 168 Å². The van der Waals surface area contributed by atoms with Gasteiger partial charge in [-0.1, -0.05) is 0 Å². The quantitative estimate of drug-likeness (QED) is 0.379. The zero-order valence-electron chi connectivity index (χ0n) is 16.7.